The number of nitrogens with one attached hydrogen (secondary N) is 1. The number of nitrogens with zero attached hydrogens (tertiary/aromatic N) is 1. The quantitative estimate of drug-likeness (QED) is 0.748. The van der Waals surface area contributed by atoms with E-state index in [1.54, 1.807) is 12.1 Å². The van der Waals surface area contributed by atoms with Gasteiger partial charge >= 0.3 is 0 Å². The molecule has 0 amide bonds. The van der Waals surface area contributed by atoms with E-state index in [9.17, 15) is 9.59 Å². The second-order valence-corrected chi connectivity index (χ2v) is 3.57. The molecule has 0 saturated heterocycles. The number of aromatic nitrogens is 2. The fraction of sp³-hybridized carbons (Fsp3) is 0.100. The maximum Gasteiger partial charge on any atom is 0.259 e. The number of halogens is 1. The second-order valence-electron chi connectivity index (χ2n) is 3.13. The Balaban J connectivity index is 2.84. The zero-order chi connectivity index (χ0) is 11.0. The number of fused-ring (bicyclic) bond motifs is 1. The third-order valence-corrected chi connectivity index (χ3v) is 2.24. The Morgan fingerprint density at radius 2 is 2.20 bits per heavy atom. The number of rotatable bonds is 1. The molecule has 0 unspecified atom stereocenters. The van der Waals surface area contributed by atoms with Crippen molar-refractivity contribution in [3.8, 4) is 0 Å². The first-order chi connectivity index (χ1) is 7.08. The van der Waals surface area contributed by atoms with Crippen molar-refractivity contribution in [1.29, 1.82) is 0 Å². The third-order valence-electron chi connectivity index (χ3n) is 2.00. The molecule has 1 aromatic carbocycles. The smallest absolute Gasteiger partial charge is 0.259 e. The molecule has 4 nitrogen and oxygen atoms in total. The van der Waals surface area contributed by atoms with Crippen LogP contribution in [0.1, 0.15) is 17.5 Å². The Bertz CT molecular complexity index is 604. The van der Waals surface area contributed by atoms with Gasteiger partial charge < -0.3 is 4.98 Å². The molecule has 5 heteroatoms. The minimum atomic E-state index is -0.354. The lowest BCUT2D eigenvalue weighted by atomic mass is 10.2. The summed E-state index contributed by atoms with van der Waals surface area (Å²) in [6, 6.07) is 4.76. The van der Waals surface area contributed by atoms with E-state index in [4.69, 9.17) is 11.6 Å². The second kappa shape index (κ2) is 3.47. The molecule has 76 valence electrons. The minimum absolute atomic E-state index is 0.0647. The summed E-state index contributed by atoms with van der Waals surface area (Å²) in [5, 5.41) is 0.845. The van der Waals surface area contributed by atoms with Crippen LogP contribution in [0.2, 0.25) is 5.02 Å². The predicted octanol–water partition coefficient (Wildman–Crippen LogP) is 1.78. The lowest BCUT2D eigenvalue weighted by Gasteiger charge is -1.99. The van der Waals surface area contributed by atoms with Crippen molar-refractivity contribution in [2.24, 2.45) is 0 Å². The molecule has 0 saturated carbocycles. The first kappa shape index (κ1) is 9.86. The van der Waals surface area contributed by atoms with Crippen LogP contribution in [0.4, 0.5) is 0 Å². The summed E-state index contributed by atoms with van der Waals surface area (Å²) >= 11 is 5.75. The maximum atomic E-state index is 11.5. The summed E-state index contributed by atoms with van der Waals surface area (Å²) in [5.41, 5.74) is 0.112. The van der Waals surface area contributed by atoms with Crippen molar-refractivity contribution in [2.45, 2.75) is 6.92 Å². The molecular formula is C10H7ClN2O2. The van der Waals surface area contributed by atoms with Crippen molar-refractivity contribution in [3.05, 3.63) is 39.4 Å². The number of aromatic amines is 1. The van der Waals surface area contributed by atoms with Crippen LogP contribution in [-0.2, 0) is 0 Å². The normalized spacial score (nSPS) is 10.5. The topological polar surface area (TPSA) is 62.8 Å². The monoisotopic (exact) mass is 222 g/mol. The molecule has 1 N–H and O–H groups in total. The fourth-order valence-electron chi connectivity index (χ4n) is 1.28. The summed E-state index contributed by atoms with van der Waals surface area (Å²) in [6.45, 7) is 1.35. The van der Waals surface area contributed by atoms with Crippen molar-refractivity contribution >= 4 is 28.3 Å². The molecule has 15 heavy (non-hydrogen) atoms. The standard InChI is InChI=1S/C10H7ClN2O2/c1-5(14)9-12-8-3-2-6(11)4-7(8)10(15)13-9/h2-4H,1H3,(H,12,13,15). The SMILES string of the molecule is CC(=O)c1nc2ccc(Cl)cc2c(=O)[nH]1. The van der Waals surface area contributed by atoms with Crippen LogP contribution in [-0.4, -0.2) is 15.8 Å². The lowest BCUT2D eigenvalue weighted by Crippen LogP contribution is -2.14. The summed E-state index contributed by atoms with van der Waals surface area (Å²) in [5.74, 6) is -0.209. The van der Waals surface area contributed by atoms with E-state index in [0.717, 1.165) is 0 Å². The molecule has 0 bridgehead atoms. The number of Topliss-reactive ketones (excluding diaryl/α,β-unsaturated/α-hetero) is 1. The molecule has 1 aromatic heterocycles. The highest BCUT2D eigenvalue weighted by Crippen LogP contribution is 2.14. The number of ketones is 1. The van der Waals surface area contributed by atoms with Crippen molar-refractivity contribution in [1.82, 2.24) is 9.97 Å². The molecule has 0 fully saturated rings. The Morgan fingerprint density at radius 3 is 2.87 bits per heavy atom. The van der Waals surface area contributed by atoms with E-state index < -0.39 is 0 Å². The molecule has 1 heterocycles. The van der Waals surface area contributed by atoms with Gasteiger partial charge in [-0.1, -0.05) is 11.6 Å². The van der Waals surface area contributed by atoms with Crippen LogP contribution >= 0.6 is 11.6 Å². The third kappa shape index (κ3) is 1.76. The first-order valence-corrected chi connectivity index (χ1v) is 4.66. The van der Waals surface area contributed by atoms with E-state index >= 15 is 0 Å². The molecule has 2 aromatic rings. The number of hydrogen-bond acceptors (Lipinski definition) is 3. The van der Waals surface area contributed by atoms with Gasteiger partial charge in [0.1, 0.15) is 0 Å². The summed E-state index contributed by atoms with van der Waals surface area (Å²) in [7, 11) is 0. The largest absolute Gasteiger partial charge is 0.303 e. The fourth-order valence-corrected chi connectivity index (χ4v) is 1.45. The van der Waals surface area contributed by atoms with Gasteiger partial charge in [-0.2, -0.15) is 0 Å². The number of H-pyrrole nitrogens is 1. The molecule has 0 atom stereocenters. The van der Waals surface area contributed by atoms with E-state index in [2.05, 4.69) is 9.97 Å². The van der Waals surface area contributed by atoms with Gasteiger partial charge in [-0.25, -0.2) is 4.98 Å². The average molecular weight is 223 g/mol. The van der Waals surface area contributed by atoms with E-state index in [0.29, 0.717) is 15.9 Å². The molecular weight excluding hydrogens is 216 g/mol. The van der Waals surface area contributed by atoms with Crippen LogP contribution in [0, 0.1) is 0 Å². The maximum absolute atomic E-state index is 11.5. The highest BCUT2D eigenvalue weighted by atomic mass is 35.5. The van der Waals surface area contributed by atoms with Crippen molar-refractivity contribution < 1.29 is 4.79 Å². The number of hydrogen-bond donors (Lipinski definition) is 1. The van der Waals surface area contributed by atoms with E-state index in [1.807, 2.05) is 0 Å². The van der Waals surface area contributed by atoms with Crippen LogP contribution in [0.5, 0.6) is 0 Å². The van der Waals surface area contributed by atoms with Crippen LogP contribution < -0.4 is 5.56 Å². The molecule has 2 rings (SSSR count). The van der Waals surface area contributed by atoms with E-state index in [1.165, 1.54) is 13.0 Å². The first-order valence-electron chi connectivity index (χ1n) is 4.28. The summed E-state index contributed by atoms with van der Waals surface area (Å²) in [4.78, 5) is 29.0. The van der Waals surface area contributed by atoms with Crippen LogP contribution in [0.3, 0.4) is 0 Å². The van der Waals surface area contributed by atoms with Gasteiger partial charge in [0.25, 0.3) is 5.56 Å². The molecule has 0 spiro atoms. The van der Waals surface area contributed by atoms with Gasteiger partial charge in [0, 0.05) is 11.9 Å². The number of carbonyl (C=O) groups is 1. The van der Waals surface area contributed by atoms with Crippen molar-refractivity contribution in [2.75, 3.05) is 0 Å². The Kier molecular flexibility index (Phi) is 2.28. The lowest BCUT2D eigenvalue weighted by molar-refractivity contribution is 0.100. The van der Waals surface area contributed by atoms with Crippen molar-refractivity contribution in [3.63, 3.8) is 0 Å². The molecule has 0 aliphatic heterocycles. The Morgan fingerprint density at radius 1 is 1.47 bits per heavy atom. The Hall–Kier alpha value is -1.68. The average Bonchev–Trinajstić information content (AvgIpc) is 2.18. The summed E-state index contributed by atoms with van der Waals surface area (Å²) < 4.78 is 0. The van der Waals surface area contributed by atoms with Gasteiger partial charge in [0.05, 0.1) is 10.9 Å². The van der Waals surface area contributed by atoms with Gasteiger partial charge in [-0.15, -0.1) is 0 Å². The summed E-state index contributed by atoms with van der Waals surface area (Å²) in [6.07, 6.45) is 0. The highest BCUT2D eigenvalue weighted by molar-refractivity contribution is 6.31. The van der Waals surface area contributed by atoms with Gasteiger partial charge in [0.15, 0.2) is 11.6 Å². The number of benzene rings is 1. The highest BCUT2D eigenvalue weighted by Gasteiger charge is 2.07. The zero-order valence-electron chi connectivity index (χ0n) is 7.87. The number of carbonyl (C=O) groups excluding carboxylic acids is 1. The van der Waals surface area contributed by atoms with Crippen LogP contribution in [0.15, 0.2) is 23.0 Å². The zero-order valence-corrected chi connectivity index (χ0v) is 8.63. The molecule has 0 radical (unpaired) electrons. The van der Waals surface area contributed by atoms with Crippen LogP contribution in [0.25, 0.3) is 10.9 Å². The predicted molar refractivity (Wildman–Crippen MR) is 57.4 cm³/mol. The van der Waals surface area contributed by atoms with Gasteiger partial charge in [-0.3, -0.25) is 9.59 Å². The van der Waals surface area contributed by atoms with Gasteiger partial charge in [0.2, 0.25) is 0 Å². The van der Waals surface area contributed by atoms with Gasteiger partial charge in [-0.05, 0) is 18.2 Å². The minimum Gasteiger partial charge on any atom is -0.303 e. The molecule has 0 aliphatic carbocycles. The van der Waals surface area contributed by atoms with E-state index in [-0.39, 0.29) is 17.2 Å². The molecule has 0 aliphatic rings. The Labute approximate surface area is 89.9 Å².